The van der Waals surface area contributed by atoms with Crippen molar-refractivity contribution in [2.45, 2.75) is 55.6 Å². The summed E-state index contributed by atoms with van der Waals surface area (Å²) < 4.78 is 1.70. The number of carbonyl (C=O) groups is 3. The van der Waals surface area contributed by atoms with E-state index in [-0.39, 0.29) is 43.3 Å². The van der Waals surface area contributed by atoms with E-state index in [1.807, 2.05) is 47.4 Å². The van der Waals surface area contributed by atoms with Crippen LogP contribution >= 0.6 is 0 Å². The van der Waals surface area contributed by atoms with Gasteiger partial charge in [-0.15, -0.1) is 0 Å². The zero-order valence-electron chi connectivity index (χ0n) is 30.8. The number of imide groups is 1. The minimum atomic E-state index is -1.38. The van der Waals surface area contributed by atoms with Gasteiger partial charge >= 0.3 is 12.1 Å². The number of anilines is 2. The Balaban J connectivity index is 1.08. The van der Waals surface area contributed by atoms with Crippen molar-refractivity contribution in [2.24, 2.45) is 0 Å². The summed E-state index contributed by atoms with van der Waals surface area (Å²) >= 11 is 0. The molecule has 290 valence electrons. The molecular weight excluding hydrogens is 717 g/mol. The Labute approximate surface area is 322 Å². The van der Waals surface area contributed by atoms with E-state index in [2.05, 4.69) is 40.2 Å². The van der Waals surface area contributed by atoms with E-state index in [0.29, 0.717) is 49.0 Å². The molecule has 8 rings (SSSR count). The number of phenols is 1. The first kappa shape index (κ1) is 36.7. The van der Waals surface area contributed by atoms with Gasteiger partial charge in [-0.05, 0) is 41.7 Å². The number of aliphatic hydroxyl groups is 2. The Kier molecular flexibility index (Phi) is 10.1. The molecule has 3 aliphatic rings. The van der Waals surface area contributed by atoms with Crippen LogP contribution in [0.2, 0.25) is 0 Å². The molecule has 5 aromatic rings. The van der Waals surface area contributed by atoms with Gasteiger partial charge in [0.05, 0.1) is 18.4 Å². The van der Waals surface area contributed by atoms with Crippen LogP contribution in [0.25, 0.3) is 11.2 Å². The van der Waals surface area contributed by atoms with Crippen LogP contribution in [0.5, 0.6) is 5.75 Å². The summed E-state index contributed by atoms with van der Waals surface area (Å²) in [6.07, 6.45) is -0.420. The lowest BCUT2D eigenvalue weighted by molar-refractivity contribution is -0.128. The number of aromatic nitrogens is 4. The highest BCUT2D eigenvalue weighted by Gasteiger charge is 2.51. The second kappa shape index (κ2) is 15.5. The fourth-order valence-corrected chi connectivity index (χ4v) is 8.04. The molecule has 3 aromatic carbocycles. The number of carbonyl (C=O) groups excluding carboxylic acids is 3. The van der Waals surface area contributed by atoms with Gasteiger partial charge in [-0.3, -0.25) is 9.69 Å². The molecule has 16 heteroatoms. The molecule has 1 unspecified atom stereocenters. The highest BCUT2D eigenvalue weighted by molar-refractivity contribution is 6.02. The number of fused-ring (bicyclic) bond motifs is 1. The Morgan fingerprint density at radius 3 is 2.32 bits per heavy atom. The fourth-order valence-electron chi connectivity index (χ4n) is 8.04. The monoisotopic (exact) mass is 760 g/mol. The maximum atomic E-state index is 12.9. The molecule has 0 spiro atoms. The van der Waals surface area contributed by atoms with Crippen LogP contribution in [-0.2, 0) is 11.3 Å². The van der Waals surface area contributed by atoms with Crippen LogP contribution in [0.1, 0.15) is 41.5 Å². The summed E-state index contributed by atoms with van der Waals surface area (Å²) in [7, 11) is 1.52. The number of urea groups is 2. The van der Waals surface area contributed by atoms with Crippen molar-refractivity contribution in [1.82, 2.24) is 40.0 Å². The molecule has 16 nitrogen and oxygen atoms in total. The Morgan fingerprint density at radius 2 is 1.64 bits per heavy atom. The van der Waals surface area contributed by atoms with Gasteiger partial charge in [-0.1, -0.05) is 72.8 Å². The zero-order valence-corrected chi connectivity index (χ0v) is 30.8. The van der Waals surface area contributed by atoms with E-state index in [4.69, 9.17) is 15.0 Å². The van der Waals surface area contributed by atoms with Crippen LogP contribution in [0.4, 0.5) is 21.4 Å². The molecule has 2 saturated heterocycles. The van der Waals surface area contributed by atoms with Crippen LogP contribution in [-0.4, -0.2) is 120 Å². The normalized spacial score (nSPS) is 22.4. The Morgan fingerprint density at radius 1 is 0.929 bits per heavy atom. The zero-order chi connectivity index (χ0) is 38.9. The smallest absolute Gasteiger partial charge is 0.327 e. The molecule has 2 aliphatic heterocycles. The molecule has 0 bridgehead atoms. The average molecular weight is 761 g/mol. The number of phenolic OH excluding ortho intramolecular Hbond substituents is 1. The quantitative estimate of drug-likeness (QED) is 0.108. The number of hydrogen-bond acceptors (Lipinski definition) is 11. The highest BCUT2D eigenvalue weighted by Crippen LogP contribution is 2.38. The molecular formula is C40H44N10O6. The van der Waals surface area contributed by atoms with E-state index >= 15 is 0 Å². The summed E-state index contributed by atoms with van der Waals surface area (Å²) in [4.78, 5) is 57.5. The van der Waals surface area contributed by atoms with Crippen molar-refractivity contribution < 1.29 is 29.7 Å². The largest absolute Gasteiger partial charge is 0.508 e. The second-order valence-corrected chi connectivity index (χ2v) is 14.6. The number of aliphatic hydroxyl groups excluding tert-OH is 2. The Bertz CT molecular complexity index is 2180. The van der Waals surface area contributed by atoms with Crippen molar-refractivity contribution in [3.63, 3.8) is 0 Å². The number of amides is 5. The molecule has 0 radical (unpaired) electrons. The number of nitrogens with zero attached hydrogens (tertiary/aromatic N) is 7. The van der Waals surface area contributed by atoms with Gasteiger partial charge in [-0.2, -0.15) is 9.97 Å². The molecule has 5 atom stereocenters. The van der Waals surface area contributed by atoms with Gasteiger partial charge in [0.15, 0.2) is 17.0 Å². The van der Waals surface area contributed by atoms with Gasteiger partial charge in [-0.25, -0.2) is 14.6 Å². The number of rotatable bonds is 11. The Hall–Kier alpha value is -6.26. The van der Waals surface area contributed by atoms with Crippen molar-refractivity contribution in [2.75, 3.05) is 43.4 Å². The minimum Gasteiger partial charge on any atom is -0.508 e. The van der Waals surface area contributed by atoms with Crippen LogP contribution in [0, 0.1) is 0 Å². The number of hydrogen-bond donors (Lipinski definition) is 6. The van der Waals surface area contributed by atoms with Crippen LogP contribution < -0.4 is 20.9 Å². The lowest BCUT2D eigenvalue weighted by Gasteiger charge is -2.24. The lowest BCUT2D eigenvalue weighted by Crippen LogP contribution is -2.47. The maximum absolute atomic E-state index is 12.9. The van der Waals surface area contributed by atoms with E-state index in [0.717, 1.165) is 21.6 Å². The molecule has 1 saturated carbocycles. The van der Waals surface area contributed by atoms with E-state index in [1.165, 1.54) is 11.9 Å². The molecule has 6 N–H and O–H groups in total. The van der Waals surface area contributed by atoms with Crippen molar-refractivity contribution >= 4 is 40.9 Å². The minimum absolute atomic E-state index is 0.0343. The van der Waals surface area contributed by atoms with Gasteiger partial charge < -0.3 is 45.6 Å². The number of nitrogens with one attached hydrogen (secondary N) is 3. The number of imidazole rings is 1. The predicted octanol–water partition coefficient (Wildman–Crippen LogP) is 2.78. The summed E-state index contributed by atoms with van der Waals surface area (Å²) in [6.45, 7) is 1.60. The number of aromatic hydroxyl groups is 1. The third-order valence-electron chi connectivity index (χ3n) is 10.9. The standard InChI is InChI=1S/C40H44N10O6/c1-47-22-32(52)50(40(47)56)31-18-30(34(53)35(31)54)49-23-43-33-36(41-20-29(25-10-4-2-5-11-25)26-12-6-3-7-13-26)45-38(46-37(33)49)48-16-15-27(21-48)44-39(55)42-19-24-9-8-14-28(51)17-24/h2-14,17,23,27,29-31,34-35,51,53-54H,15-16,18-22H2,1H3,(H,41,45,46)(H2,42,44,55)/t27?,30-,31+,34+,35-/m1/s1. The van der Waals surface area contributed by atoms with E-state index in [9.17, 15) is 29.7 Å². The number of benzene rings is 3. The third kappa shape index (κ3) is 7.27. The van der Waals surface area contributed by atoms with Crippen molar-refractivity contribution in [3.8, 4) is 5.75 Å². The van der Waals surface area contributed by atoms with Crippen LogP contribution in [0.3, 0.4) is 0 Å². The van der Waals surface area contributed by atoms with Gasteiger partial charge in [0.1, 0.15) is 24.5 Å². The first-order valence-corrected chi connectivity index (χ1v) is 18.7. The molecule has 4 heterocycles. The number of likely N-dealkylation sites (N-methyl/N-ethyl adjacent to an activating group) is 1. The van der Waals surface area contributed by atoms with Gasteiger partial charge in [0, 0.05) is 45.2 Å². The summed E-state index contributed by atoms with van der Waals surface area (Å²) in [5.74, 6) is 0.517. The fraction of sp³-hybridized carbons (Fsp3) is 0.350. The molecule has 2 aromatic heterocycles. The van der Waals surface area contributed by atoms with Crippen molar-refractivity contribution in [1.29, 1.82) is 0 Å². The summed E-state index contributed by atoms with van der Waals surface area (Å²) in [5.41, 5.74) is 3.85. The van der Waals surface area contributed by atoms with E-state index in [1.54, 1.807) is 29.1 Å². The summed E-state index contributed by atoms with van der Waals surface area (Å²) in [5, 5.41) is 41.8. The average Bonchev–Trinajstić information content (AvgIpc) is 3.97. The molecule has 5 amide bonds. The molecule has 1 aliphatic carbocycles. The first-order chi connectivity index (χ1) is 27.1. The first-order valence-electron chi connectivity index (χ1n) is 18.7. The highest BCUT2D eigenvalue weighted by atomic mass is 16.3. The SMILES string of the molecule is CN1CC(=O)N([C@H]2C[C@@H](n3cnc4c(NCC(c5ccccc5)c5ccccc5)nc(N5CCC(NC(=O)NCc6cccc(O)c6)C5)nc43)[C@H](O)[C@@H]2O)C1=O. The van der Waals surface area contributed by atoms with Gasteiger partial charge in [0.2, 0.25) is 5.95 Å². The molecule has 56 heavy (non-hydrogen) atoms. The summed E-state index contributed by atoms with van der Waals surface area (Å²) in [6, 6.07) is 24.3. The second-order valence-electron chi connectivity index (χ2n) is 14.6. The topological polar surface area (TPSA) is 201 Å². The predicted molar refractivity (Wildman–Crippen MR) is 207 cm³/mol. The van der Waals surface area contributed by atoms with Crippen LogP contribution in [0.15, 0.2) is 91.3 Å². The third-order valence-corrected chi connectivity index (χ3v) is 10.9. The van der Waals surface area contributed by atoms with Crippen molar-refractivity contribution in [3.05, 3.63) is 108 Å². The molecule has 3 fully saturated rings. The van der Waals surface area contributed by atoms with Gasteiger partial charge in [0.25, 0.3) is 5.91 Å². The van der Waals surface area contributed by atoms with E-state index < -0.39 is 36.2 Å². The maximum Gasteiger partial charge on any atom is 0.327 e. The lowest BCUT2D eigenvalue weighted by atomic mass is 9.91.